The summed E-state index contributed by atoms with van der Waals surface area (Å²) in [5, 5.41) is 0.455. The topological polar surface area (TPSA) is 55.3 Å². The zero-order valence-corrected chi connectivity index (χ0v) is 15.1. The van der Waals surface area contributed by atoms with Gasteiger partial charge < -0.3 is 9.64 Å². The number of carbonyl (C=O) groups is 1. The van der Waals surface area contributed by atoms with Crippen LogP contribution in [-0.4, -0.2) is 34.4 Å². The molecule has 25 heavy (non-hydrogen) atoms. The van der Waals surface area contributed by atoms with Crippen LogP contribution in [0.5, 0.6) is 5.75 Å². The van der Waals surface area contributed by atoms with Gasteiger partial charge in [0.25, 0.3) is 0 Å². The number of fused-ring (bicyclic) bond motifs is 1. The van der Waals surface area contributed by atoms with E-state index in [1.54, 1.807) is 6.07 Å². The zero-order chi connectivity index (χ0) is 17.6. The highest BCUT2D eigenvalue weighted by atomic mass is 35.5. The number of hydrogen-bond donors (Lipinski definition) is 0. The molecule has 130 valence electrons. The van der Waals surface area contributed by atoms with E-state index in [1.807, 2.05) is 32.0 Å². The average molecular weight is 358 g/mol. The van der Waals surface area contributed by atoms with Gasteiger partial charge in [-0.05, 0) is 26.0 Å². The fourth-order valence-corrected chi connectivity index (χ4v) is 3.93. The Kier molecular flexibility index (Phi) is 3.91. The highest BCUT2D eigenvalue weighted by molar-refractivity contribution is 6.29. The predicted octanol–water partition coefficient (Wildman–Crippen LogP) is 3.75. The zero-order valence-electron chi connectivity index (χ0n) is 14.4. The minimum absolute atomic E-state index is 0.180. The smallest absolute Gasteiger partial charge is 0.170 e. The molecule has 1 aromatic heterocycles. The first kappa shape index (κ1) is 16.3. The minimum atomic E-state index is -0.401. The molecule has 6 heteroatoms. The van der Waals surface area contributed by atoms with E-state index in [2.05, 4.69) is 14.9 Å². The summed E-state index contributed by atoms with van der Waals surface area (Å²) in [4.78, 5) is 23.4. The first-order valence-corrected chi connectivity index (χ1v) is 8.91. The standard InChI is InChI=1S/C19H20ClN3O2/c1-12-3-4-16-14(9-12)15(24)11-19(25-16)5-7-23(8-6-19)18-10-17(20)21-13(2)22-18/h3-4,9-10H,5-8,11H2,1-2H3. The van der Waals surface area contributed by atoms with E-state index < -0.39 is 5.60 Å². The van der Waals surface area contributed by atoms with E-state index >= 15 is 0 Å². The lowest BCUT2D eigenvalue weighted by Gasteiger charge is -2.44. The summed E-state index contributed by atoms with van der Waals surface area (Å²) in [5.74, 6) is 2.40. The molecule has 1 spiro atoms. The van der Waals surface area contributed by atoms with Gasteiger partial charge in [-0.3, -0.25) is 4.79 Å². The van der Waals surface area contributed by atoms with Crippen molar-refractivity contribution in [1.29, 1.82) is 0 Å². The van der Waals surface area contributed by atoms with Crippen LogP contribution in [0.2, 0.25) is 5.15 Å². The number of aryl methyl sites for hydroxylation is 2. The Hall–Kier alpha value is -2.14. The molecule has 0 N–H and O–H groups in total. The van der Waals surface area contributed by atoms with Crippen molar-refractivity contribution in [2.24, 2.45) is 0 Å². The molecular formula is C19H20ClN3O2. The number of halogens is 1. The number of piperidine rings is 1. The fourth-order valence-electron chi connectivity index (χ4n) is 3.71. The van der Waals surface area contributed by atoms with Crippen molar-refractivity contribution in [3.05, 3.63) is 46.4 Å². The third kappa shape index (κ3) is 3.09. The Balaban J connectivity index is 1.53. The van der Waals surface area contributed by atoms with Crippen molar-refractivity contribution in [2.75, 3.05) is 18.0 Å². The second kappa shape index (κ2) is 5.99. The van der Waals surface area contributed by atoms with Gasteiger partial charge in [-0.1, -0.05) is 23.2 Å². The van der Waals surface area contributed by atoms with Crippen LogP contribution in [0.25, 0.3) is 0 Å². The van der Waals surface area contributed by atoms with Crippen LogP contribution in [0, 0.1) is 13.8 Å². The van der Waals surface area contributed by atoms with Crippen LogP contribution >= 0.6 is 11.6 Å². The average Bonchev–Trinajstić information content (AvgIpc) is 2.55. The van der Waals surface area contributed by atoms with Crippen molar-refractivity contribution >= 4 is 23.2 Å². The molecule has 5 nitrogen and oxygen atoms in total. The van der Waals surface area contributed by atoms with Crippen LogP contribution in [0.15, 0.2) is 24.3 Å². The molecule has 0 saturated carbocycles. The van der Waals surface area contributed by atoms with E-state index in [0.717, 1.165) is 43.1 Å². The molecular weight excluding hydrogens is 338 g/mol. The Morgan fingerprint density at radius 2 is 1.92 bits per heavy atom. The molecule has 4 rings (SSSR count). The van der Waals surface area contributed by atoms with E-state index in [0.29, 0.717) is 23.0 Å². The quantitative estimate of drug-likeness (QED) is 0.727. The van der Waals surface area contributed by atoms with Gasteiger partial charge in [-0.25, -0.2) is 9.97 Å². The number of nitrogens with zero attached hydrogens (tertiary/aromatic N) is 3. The molecule has 3 heterocycles. The molecule has 0 radical (unpaired) electrons. The fraction of sp³-hybridized carbons (Fsp3) is 0.421. The first-order valence-electron chi connectivity index (χ1n) is 8.53. The van der Waals surface area contributed by atoms with Crippen LogP contribution in [0.3, 0.4) is 0 Å². The number of rotatable bonds is 1. The largest absolute Gasteiger partial charge is 0.486 e. The number of carbonyl (C=O) groups excluding carboxylic acids is 1. The van der Waals surface area contributed by atoms with E-state index in [9.17, 15) is 4.79 Å². The molecule has 0 atom stereocenters. The molecule has 0 bridgehead atoms. The predicted molar refractivity (Wildman–Crippen MR) is 96.7 cm³/mol. The van der Waals surface area contributed by atoms with E-state index in [-0.39, 0.29) is 5.78 Å². The Labute approximate surface area is 152 Å². The van der Waals surface area contributed by atoms with Gasteiger partial charge in [0.2, 0.25) is 0 Å². The van der Waals surface area contributed by atoms with Gasteiger partial charge in [0.15, 0.2) is 5.78 Å². The summed E-state index contributed by atoms with van der Waals surface area (Å²) < 4.78 is 6.31. The second-order valence-electron chi connectivity index (χ2n) is 6.97. The van der Waals surface area contributed by atoms with Crippen molar-refractivity contribution in [3.8, 4) is 5.75 Å². The molecule has 1 aromatic carbocycles. The highest BCUT2D eigenvalue weighted by Crippen LogP contribution is 2.40. The first-order chi connectivity index (χ1) is 11.9. The molecule has 1 fully saturated rings. The molecule has 0 amide bonds. The Morgan fingerprint density at radius 3 is 2.64 bits per heavy atom. The third-order valence-electron chi connectivity index (χ3n) is 5.04. The van der Waals surface area contributed by atoms with E-state index in [4.69, 9.17) is 16.3 Å². The minimum Gasteiger partial charge on any atom is -0.486 e. The summed E-state index contributed by atoms with van der Waals surface area (Å²) in [6.07, 6.45) is 2.01. The molecule has 0 unspecified atom stereocenters. The van der Waals surface area contributed by atoms with Crippen molar-refractivity contribution in [3.63, 3.8) is 0 Å². The lowest BCUT2D eigenvalue weighted by atomic mass is 9.82. The van der Waals surface area contributed by atoms with Crippen LogP contribution < -0.4 is 9.64 Å². The molecule has 0 aliphatic carbocycles. The van der Waals surface area contributed by atoms with Crippen molar-refractivity contribution < 1.29 is 9.53 Å². The number of benzene rings is 1. The van der Waals surface area contributed by atoms with E-state index in [1.165, 1.54) is 0 Å². The van der Waals surface area contributed by atoms with Gasteiger partial charge >= 0.3 is 0 Å². The number of Topliss-reactive ketones (excluding diaryl/α,β-unsaturated/α-hetero) is 1. The second-order valence-corrected chi connectivity index (χ2v) is 7.36. The number of anilines is 1. The number of ketones is 1. The number of aromatic nitrogens is 2. The normalized spacial score (nSPS) is 18.8. The van der Waals surface area contributed by atoms with Gasteiger partial charge in [-0.2, -0.15) is 0 Å². The van der Waals surface area contributed by atoms with Crippen LogP contribution in [0.4, 0.5) is 5.82 Å². The molecule has 2 aliphatic rings. The van der Waals surface area contributed by atoms with Crippen molar-refractivity contribution in [2.45, 2.75) is 38.7 Å². The van der Waals surface area contributed by atoms with Gasteiger partial charge in [0.05, 0.1) is 12.0 Å². The lowest BCUT2D eigenvalue weighted by Crippen LogP contribution is -2.51. The summed E-state index contributed by atoms with van der Waals surface area (Å²) in [5.41, 5.74) is 1.39. The third-order valence-corrected chi connectivity index (χ3v) is 5.23. The highest BCUT2D eigenvalue weighted by Gasteiger charge is 2.43. The molecule has 2 aromatic rings. The summed E-state index contributed by atoms with van der Waals surface area (Å²) in [6.45, 7) is 5.39. The van der Waals surface area contributed by atoms with Crippen LogP contribution in [0.1, 0.15) is 41.0 Å². The molecule has 2 aliphatic heterocycles. The number of ether oxygens (including phenoxy) is 1. The lowest BCUT2D eigenvalue weighted by molar-refractivity contribution is 0.0231. The van der Waals surface area contributed by atoms with Crippen LogP contribution in [-0.2, 0) is 0 Å². The van der Waals surface area contributed by atoms with Crippen molar-refractivity contribution in [1.82, 2.24) is 9.97 Å². The van der Waals surface area contributed by atoms with Gasteiger partial charge in [0.1, 0.15) is 28.1 Å². The summed E-state index contributed by atoms with van der Waals surface area (Å²) in [7, 11) is 0. The summed E-state index contributed by atoms with van der Waals surface area (Å²) >= 11 is 6.05. The van der Waals surface area contributed by atoms with Gasteiger partial charge in [0, 0.05) is 32.0 Å². The number of hydrogen-bond acceptors (Lipinski definition) is 5. The maximum Gasteiger partial charge on any atom is 0.170 e. The Bertz CT molecular complexity index is 824. The monoisotopic (exact) mass is 357 g/mol. The molecule has 1 saturated heterocycles. The SMILES string of the molecule is Cc1ccc2c(c1)C(=O)CC1(CCN(c3cc(Cl)nc(C)n3)CC1)O2. The Morgan fingerprint density at radius 1 is 1.16 bits per heavy atom. The summed E-state index contributed by atoms with van der Waals surface area (Å²) in [6, 6.07) is 7.62. The van der Waals surface area contributed by atoms with Gasteiger partial charge in [-0.15, -0.1) is 0 Å². The maximum absolute atomic E-state index is 12.6. The maximum atomic E-state index is 12.6.